The van der Waals surface area contributed by atoms with Crippen LogP contribution in [0.25, 0.3) is 0 Å². The maximum absolute atomic E-state index is 14.6. The van der Waals surface area contributed by atoms with Gasteiger partial charge in [-0.2, -0.15) is 0 Å². The Kier molecular flexibility index (Phi) is 23.4. The Balaban J connectivity index is 1.10. The van der Waals surface area contributed by atoms with Crippen LogP contribution in [-0.4, -0.2) is 167 Å². The van der Waals surface area contributed by atoms with Crippen LogP contribution < -0.4 is 0 Å². The average Bonchev–Trinajstić information content (AvgIpc) is 1.78. The summed E-state index contributed by atoms with van der Waals surface area (Å²) in [6.45, 7) is 32.5. The molecule has 0 aliphatic carbocycles. The molecule has 0 unspecified atom stereocenters. The lowest BCUT2D eigenvalue weighted by Gasteiger charge is -2.54. The van der Waals surface area contributed by atoms with E-state index < -0.39 is 106 Å². The van der Waals surface area contributed by atoms with Crippen LogP contribution in [-0.2, 0) is 70.5 Å². The van der Waals surface area contributed by atoms with Crippen molar-refractivity contribution in [2.45, 2.75) is 342 Å². The SMILES string of the molecule is CO[C@H]1CC[C@]23C=C[C@H](C)[C@@H](C[C@@H](O[Si](C)(C)C(C)(C)C)C[C@H](O[Si](C)(C)C(C)(C)C)C[C@@H]4CCC[C@H](CC(=O)O[C@H]5C[C@@]6(O[C@H]5C/C=C/C/C=C\C[C@H]5OC(C)(C)OC5=O)O[C@]5(CC[C@@H]6C)C[C@@H](OC)[C@H](Cl)[C@@H](CC[C@H](C)[C@H](O)[C@H](O)[C@H]1O2)O5)O4)O3. The van der Waals surface area contributed by atoms with Gasteiger partial charge in [0.05, 0.1) is 54.5 Å². The van der Waals surface area contributed by atoms with E-state index in [1.165, 1.54) is 0 Å². The molecule has 17 nitrogen and oxygen atoms in total. The predicted molar refractivity (Wildman–Crippen MR) is 338 cm³/mol. The van der Waals surface area contributed by atoms with Crippen LogP contribution in [0.5, 0.6) is 0 Å². The molecule has 20 heteroatoms. The Morgan fingerprint density at radius 3 is 2.00 bits per heavy atom. The van der Waals surface area contributed by atoms with Gasteiger partial charge in [0.15, 0.2) is 40.1 Å². The zero-order valence-electron chi connectivity index (χ0n) is 56.0. The Morgan fingerprint density at radius 1 is 0.701 bits per heavy atom. The molecule has 8 rings (SSSR count). The van der Waals surface area contributed by atoms with E-state index in [9.17, 15) is 19.8 Å². The molecule has 87 heavy (non-hydrogen) atoms. The van der Waals surface area contributed by atoms with Gasteiger partial charge in [0.2, 0.25) is 5.79 Å². The zero-order valence-corrected chi connectivity index (χ0v) is 58.7. The lowest BCUT2D eigenvalue weighted by Crippen LogP contribution is -2.61. The van der Waals surface area contributed by atoms with Crippen molar-refractivity contribution in [2.75, 3.05) is 14.2 Å². The van der Waals surface area contributed by atoms with Crippen molar-refractivity contribution >= 4 is 40.2 Å². The number of cyclic esters (lactones) is 1. The van der Waals surface area contributed by atoms with Gasteiger partial charge in [-0.25, -0.2) is 4.79 Å². The maximum atomic E-state index is 14.6. The van der Waals surface area contributed by atoms with Gasteiger partial charge >= 0.3 is 11.9 Å². The molecule has 0 radical (unpaired) electrons. The summed E-state index contributed by atoms with van der Waals surface area (Å²) in [5, 5.41) is 23.8. The third kappa shape index (κ3) is 17.4. The lowest BCUT2D eigenvalue weighted by molar-refractivity contribution is -0.413. The number of ether oxygens (including phenoxy) is 11. The fourth-order valence-corrected chi connectivity index (χ4v) is 17.0. The van der Waals surface area contributed by atoms with Gasteiger partial charge < -0.3 is 71.2 Å². The van der Waals surface area contributed by atoms with E-state index in [1.54, 1.807) is 28.1 Å². The molecule has 21 atom stereocenters. The number of fused-ring (bicyclic) bond motifs is 6. The first kappa shape index (κ1) is 71.2. The number of carbonyl (C=O) groups excluding carboxylic acids is 2. The molecular formula is C67H113ClO17Si2. The Bertz CT molecular complexity index is 2370. The van der Waals surface area contributed by atoms with Gasteiger partial charge in [-0.3, -0.25) is 4.79 Å². The zero-order chi connectivity index (χ0) is 63.7. The molecule has 8 heterocycles. The van der Waals surface area contributed by atoms with Crippen molar-refractivity contribution in [1.82, 2.24) is 0 Å². The highest BCUT2D eigenvalue weighted by Crippen LogP contribution is 2.54. The van der Waals surface area contributed by atoms with Crippen molar-refractivity contribution in [3.63, 3.8) is 0 Å². The maximum Gasteiger partial charge on any atom is 0.338 e. The molecular weight excluding hydrogens is 1170 g/mol. The van der Waals surface area contributed by atoms with E-state index in [0.717, 1.165) is 19.3 Å². The first-order chi connectivity index (χ1) is 40.6. The second-order valence-electron chi connectivity index (χ2n) is 30.6. The molecule has 8 aliphatic heterocycles. The predicted octanol–water partition coefficient (Wildman–Crippen LogP) is 12.8. The number of aliphatic hydroxyl groups excluding tert-OH is 2. The lowest BCUT2D eigenvalue weighted by atomic mass is 9.82. The van der Waals surface area contributed by atoms with Gasteiger partial charge in [0.25, 0.3) is 0 Å². The molecule has 0 saturated carbocycles. The third-order valence-electron chi connectivity index (χ3n) is 21.3. The number of esters is 2. The summed E-state index contributed by atoms with van der Waals surface area (Å²) >= 11 is 7.29. The van der Waals surface area contributed by atoms with E-state index in [0.29, 0.717) is 83.5 Å². The fourth-order valence-electron chi connectivity index (χ4n) is 13.9. The topological polar surface area (TPSA) is 195 Å². The molecule has 3 spiro atoms. The van der Waals surface area contributed by atoms with Crippen LogP contribution >= 0.6 is 11.6 Å². The van der Waals surface area contributed by atoms with Crippen LogP contribution in [0.3, 0.4) is 0 Å². The number of hydrogen-bond acceptors (Lipinski definition) is 17. The van der Waals surface area contributed by atoms with Crippen LogP contribution in [0, 0.1) is 17.8 Å². The van der Waals surface area contributed by atoms with E-state index in [1.807, 2.05) is 37.3 Å². The molecule has 498 valence electrons. The van der Waals surface area contributed by atoms with Gasteiger partial charge in [0.1, 0.15) is 24.4 Å². The molecule has 2 N–H and O–H groups in total. The molecule has 7 saturated heterocycles. The Hall–Kier alpha value is -1.64. The van der Waals surface area contributed by atoms with E-state index in [2.05, 4.69) is 87.7 Å². The summed E-state index contributed by atoms with van der Waals surface area (Å²) in [6.07, 6.45) is 13.8. The number of methoxy groups -OCH3 is 2. The molecule has 0 aromatic rings. The summed E-state index contributed by atoms with van der Waals surface area (Å²) in [6, 6.07) is 0. The van der Waals surface area contributed by atoms with Crippen molar-refractivity contribution in [2.24, 2.45) is 17.8 Å². The minimum atomic E-state index is -2.39. The van der Waals surface area contributed by atoms with E-state index in [-0.39, 0.29) is 77.2 Å². The molecule has 8 aliphatic rings. The van der Waals surface area contributed by atoms with E-state index in [4.69, 9.17) is 72.6 Å². The van der Waals surface area contributed by atoms with E-state index >= 15 is 0 Å². The second-order valence-corrected chi connectivity index (χ2v) is 40.7. The Labute approximate surface area is 528 Å². The summed E-state index contributed by atoms with van der Waals surface area (Å²) in [4.78, 5) is 26.9. The third-order valence-corrected chi connectivity index (χ3v) is 30.9. The molecule has 0 amide bonds. The number of aliphatic hydroxyl groups is 2. The van der Waals surface area contributed by atoms with Crippen molar-refractivity contribution in [3.05, 3.63) is 36.5 Å². The normalized spacial score (nSPS) is 42.3. The van der Waals surface area contributed by atoms with Crippen molar-refractivity contribution in [1.29, 1.82) is 0 Å². The van der Waals surface area contributed by atoms with Crippen molar-refractivity contribution in [3.8, 4) is 0 Å². The quantitative estimate of drug-likeness (QED) is 0.0810. The highest BCUT2D eigenvalue weighted by molar-refractivity contribution is 6.74. The molecule has 0 aromatic carbocycles. The summed E-state index contributed by atoms with van der Waals surface area (Å²) in [5.41, 5.74) is 0. The largest absolute Gasteiger partial charge is 0.459 e. The first-order valence-corrected chi connectivity index (χ1v) is 39.4. The van der Waals surface area contributed by atoms with Crippen LogP contribution in [0.1, 0.15) is 192 Å². The summed E-state index contributed by atoms with van der Waals surface area (Å²) in [7, 11) is -1.47. The number of carbonyl (C=O) groups is 2. The fraction of sp³-hybridized carbons (Fsp3) is 0.881. The average molecular weight is 1280 g/mol. The molecule has 9 bridgehead atoms. The molecule has 0 aromatic heterocycles. The number of allylic oxidation sites excluding steroid dienone is 2. The van der Waals surface area contributed by atoms with Crippen LogP contribution in [0.15, 0.2) is 36.5 Å². The van der Waals surface area contributed by atoms with Crippen LogP contribution in [0.4, 0.5) is 0 Å². The minimum Gasteiger partial charge on any atom is -0.459 e. The second kappa shape index (κ2) is 28.5. The number of halogens is 1. The number of rotatable bonds is 12. The number of alkyl halides is 1. The summed E-state index contributed by atoms with van der Waals surface area (Å²) in [5.74, 6) is -5.64. The minimum absolute atomic E-state index is 0.0151. The highest BCUT2D eigenvalue weighted by Gasteiger charge is 2.62. The first-order valence-electron chi connectivity index (χ1n) is 33.2. The summed E-state index contributed by atoms with van der Waals surface area (Å²) < 4.78 is 87.6. The smallest absolute Gasteiger partial charge is 0.338 e. The van der Waals surface area contributed by atoms with Gasteiger partial charge in [-0.05, 0) is 125 Å². The Morgan fingerprint density at radius 2 is 1.36 bits per heavy atom. The standard InChI is InChI=1S/C67H113ClO17Si2/c1-42-30-33-65-35-32-51(73-12)60(81-65)59(71)58(70)43(2)28-29-50-57(68)55(74-13)40-66(78-50)34-31-44(3)67(85-66)41-54(49(80-67)26-21-19-18-20-22-27-52-61(72)82-64(10,11)77-52)76-56(69)39-46-25-23-24-45(75-46)36-47(83-86(14,15)62(4,5)6)37-48(38-53(42)79-65)84-87(16,17)63(7,8)9/h19-22,30,33,42-55,57-60,70-71H,18,23-29,31-32,34-41H2,1-17H3/b21-19+,22-20-/t42-,43-,44-,45-,46+,47+,48-,49-,50+,51-,52+,53+,54-,55+,57+,58-,59-,60-,65-,66+,67+/m0/s1. The highest BCUT2D eigenvalue weighted by atomic mass is 35.5. The van der Waals surface area contributed by atoms with Crippen LogP contribution in [0.2, 0.25) is 36.3 Å². The van der Waals surface area contributed by atoms with Gasteiger partial charge in [-0.1, -0.05) is 92.7 Å². The van der Waals surface area contributed by atoms with Gasteiger partial charge in [0, 0.05) is 84.2 Å². The van der Waals surface area contributed by atoms with Gasteiger partial charge in [-0.15, -0.1) is 11.6 Å². The van der Waals surface area contributed by atoms with Crippen molar-refractivity contribution < 1.29 is 80.8 Å². The monoisotopic (exact) mass is 1280 g/mol. The molecule has 7 fully saturated rings. The number of hydrogen-bond donors (Lipinski definition) is 2.